The topological polar surface area (TPSA) is 122 Å². The molecular weight excluding hydrogens is 268 g/mol. The Morgan fingerprint density at radius 2 is 1.50 bits per heavy atom. The summed E-state index contributed by atoms with van der Waals surface area (Å²) in [5.41, 5.74) is 0. The molecule has 1 rings (SSSR count). The molecule has 8 heteroatoms. The van der Waals surface area contributed by atoms with Gasteiger partial charge in [0.1, 0.15) is 5.75 Å². The van der Waals surface area contributed by atoms with E-state index in [0.717, 1.165) is 0 Å². The van der Waals surface area contributed by atoms with E-state index in [1.54, 1.807) is 18.2 Å². The summed E-state index contributed by atoms with van der Waals surface area (Å²) in [6.45, 7) is -0.211. The molecule has 0 bridgehead atoms. The average molecular weight is 280 g/mol. The number of benzene rings is 1. The lowest BCUT2D eigenvalue weighted by Crippen LogP contribution is -2.40. The summed E-state index contributed by atoms with van der Waals surface area (Å²) < 4.78 is 4.76. The molecule has 0 aliphatic carbocycles. The van der Waals surface area contributed by atoms with Crippen LogP contribution < -0.4 is 15.4 Å². The number of hydrogen-bond acceptors (Lipinski definition) is 5. The van der Waals surface area contributed by atoms with Crippen LogP contribution in [0.5, 0.6) is 5.75 Å². The summed E-state index contributed by atoms with van der Waals surface area (Å²) in [6.07, 6.45) is 0. The van der Waals surface area contributed by atoms with Crippen molar-refractivity contribution in [1.29, 1.82) is 0 Å². The fraction of sp³-hybridized carbons (Fsp3) is 0.167. The van der Waals surface area contributed by atoms with Crippen molar-refractivity contribution in [3.8, 4) is 5.75 Å². The third kappa shape index (κ3) is 5.17. The lowest BCUT2D eigenvalue weighted by atomic mass is 10.3. The maximum atomic E-state index is 11.3. The van der Waals surface area contributed by atoms with Gasteiger partial charge in [0, 0.05) is 13.1 Å². The van der Waals surface area contributed by atoms with Crippen molar-refractivity contribution in [3.63, 3.8) is 0 Å². The number of carboxylic acid groups (broad SMARTS) is 1. The third-order valence-electron chi connectivity index (χ3n) is 2.03. The van der Waals surface area contributed by atoms with Crippen molar-refractivity contribution >= 4 is 23.8 Å². The van der Waals surface area contributed by atoms with E-state index in [0.29, 0.717) is 0 Å². The average Bonchev–Trinajstić information content (AvgIpc) is 2.43. The van der Waals surface area contributed by atoms with E-state index >= 15 is 0 Å². The number of rotatable bonds is 4. The van der Waals surface area contributed by atoms with E-state index in [1.165, 1.54) is 12.1 Å². The zero-order valence-corrected chi connectivity index (χ0v) is 10.3. The number of carbonyl (C=O) groups excluding carboxylic acids is 3. The Labute approximate surface area is 113 Å². The van der Waals surface area contributed by atoms with Gasteiger partial charge >= 0.3 is 23.8 Å². The Morgan fingerprint density at radius 1 is 0.950 bits per heavy atom. The summed E-state index contributed by atoms with van der Waals surface area (Å²) in [7, 11) is 0. The van der Waals surface area contributed by atoms with Crippen LogP contribution in [0.2, 0.25) is 0 Å². The number of carbonyl (C=O) groups is 4. The lowest BCUT2D eigenvalue weighted by Gasteiger charge is -2.05. The van der Waals surface area contributed by atoms with Crippen LogP contribution in [-0.4, -0.2) is 41.9 Å². The van der Waals surface area contributed by atoms with E-state index in [4.69, 9.17) is 9.84 Å². The molecule has 0 fully saturated rings. The van der Waals surface area contributed by atoms with Crippen LogP contribution >= 0.6 is 0 Å². The van der Waals surface area contributed by atoms with Crippen molar-refractivity contribution in [3.05, 3.63) is 30.3 Å². The van der Waals surface area contributed by atoms with E-state index < -0.39 is 23.8 Å². The molecule has 8 nitrogen and oxygen atoms in total. The highest BCUT2D eigenvalue weighted by molar-refractivity contribution is 6.33. The summed E-state index contributed by atoms with van der Waals surface area (Å²) in [5.74, 6) is -4.67. The predicted molar refractivity (Wildman–Crippen MR) is 65.7 cm³/mol. The number of amides is 2. The van der Waals surface area contributed by atoms with Crippen molar-refractivity contribution < 1.29 is 29.0 Å². The molecule has 20 heavy (non-hydrogen) atoms. The Bertz CT molecular complexity index is 514. The summed E-state index contributed by atoms with van der Waals surface area (Å²) in [6, 6.07) is 8.03. The zero-order chi connectivity index (χ0) is 15.0. The van der Waals surface area contributed by atoms with Gasteiger partial charge in [-0.2, -0.15) is 0 Å². The van der Waals surface area contributed by atoms with Crippen LogP contribution in [0.1, 0.15) is 0 Å². The minimum absolute atomic E-state index is 0.0955. The normalized spacial score (nSPS) is 9.40. The maximum absolute atomic E-state index is 11.3. The molecule has 1 aromatic rings. The fourth-order valence-corrected chi connectivity index (χ4v) is 1.14. The molecule has 2 amide bonds. The van der Waals surface area contributed by atoms with Gasteiger partial charge in [-0.25, -0.2) is 9.59 Å². The van der Waals surface area contributed by atoms with Crippen molar-refractivity contribution in [2.75, 3.05) is 13.1 Å². The highest BCUT2D eigenvalue weighted by Gasteiger charge is 2.16. The van der Waals surface area contributed by atoms with Gasteiger partial charge in [-0.1, -0.05) is 18.2 Å². The Morgan fingerprint density at radius 3 is 2.05 bits per heavy atom. The van der Waals surface area contributed by atoms with E-state index in [9.17, 15) is 19.2 Å². The number of para-hydroxylation sites is 1. The monoisotopic (exact) mass is 280 g/mol. The van der Waals surface area contributed by atoms with Crippen molar-refractivity contribution in [2.45, 2.75) is 0 Å². The second kappa shape index (κ2) is 7.52. The first-order valence-electron chi connectivity index (χ1n) is 5.57. The molecule has 0 saturated heterocycles. The van der Waals surface area contributed by atoms with E-state index in [2.05, 4.69) is 5.32 Å². The zero-order valence-electron chi connectivity index (χ0n) is 10.3. The third-order valence-corrected chi connectivity index (χ3v) is 2.03. The summed E-state index contributed by atoms with van der Waals surface area (Å²) >= 11 is 0. The highest BCUT2D eigenvalue weighted by atomic mass is 16.5. The largest absolute Gasteiger partial charge is 0.474 e. The van der Waals surface area contributed by atoms with Crippen LogP contribution in [0.25, 0.3) is 0 Å². The number of aliphatic carboxylic acids is 1. The molecule has 106 valence electrons. The molecule has 0 radical (unpaired) electrons. The highest BCUT2D eigenvalue weighted by Crippen LogP contribution is 2.07. The summed E-state index contributed by atoms with van der Waals surface area (Å²) in [5, 5.41) is 12.5. The molecule has 0 aliphatic heterocycles. The summed E-state index contributed by atoms with van der Waals surface area (Å²) in [4.78, 5) is 43.5. The predicted octanol–water partition coefficient (Wildman–Crippen LogP) is -1.09. The van der Waals surface area contributed by atoms with E-state index in [-0.39, 0.29) is 18.8 Å². The quantitative estimate of drug-likeness (QED) is 0.279. The van der Waals surface area contributed by atoms with Crippen LogP contribution in [0.4, 0.5) is 0 Å². The maximum Gasteiger partial charge on any atom is 0.402 e. The molecular formula is C12H12N2O6. The van der Waals surface area contributed by atoms with Gasteiger partial charge < -0.3 is 20.5 Å². The molecule has 0 heterocycles. The van der Waals surface area contributed by atoms with Gasteiger partial charge in [0.25, 0.3) is 0 Å². The van der Waals surface area contributed by atoms with Gasteiger partial charge in [0.05, 0.1) is 0 Å². The van der Waals surface area contributed by atoms with Crippen LogP contribution in [-0.2, 0) is 19.2 Å². The van der Waals surface area contributed by atoms with E-state index in [1.807, 2.05) is 5.32 Å². The van der Waals surface area contributed by atoms with Crippen LogP contribution in [0.3, 0.4) is 0 Å². The number of nitrogens with one attached hydrogen (secondary N) is 2. The molecule has 0 unspecified atom stereocenters. The van der Waals surface area contributed by atoms with Crippen molar-refractivity contribution in [1.82, 2.24) is 10.6 Å². The Kier molecular flexibility index (Phi) is 5.70. The SMILES string of the molecule is O=C(O)C(=O)NCCNC(=O)C(=O)Oc1ccccc1. The molecule has 0 spiro atoms. The first kappa shape index (κ1) is 15.2. The number of hydrogen-bond donors (Lipinski definition) is 3. The Hall–Kier alpha value is -2.90. The minimum atomic E-state index is -1.63. The van der Waals surface area contributed by atoms with Gasteiger partial charge in [-0.05, 0) is 12.1 Å². The van der Waals surface area contributed by atoms with Crippen LogP contribution in [0, 0.1) is 0 Å². The number of esters is 1. The molecule has 0 aromatic heterocycles. The minimum Gasteiger partial charge on any atom is -0.474 e. The smallest absolute Gasteiger partial charge is 0.402 e. The van der Waals surface area contributed by atoms with Gasteiger partial charge in [-0.15, -0.1) is 0 Å². The lowest BCUT2D eigenvalue weighted by molar-refractivity contribution is -0.150. The second-order valence-electron chi connectivity index (χ2n) is 3.52. The molecule has 0 aliphatic rings. The van der Waals surface area contributed by atoms with Crippen LogP contribution in [0.15, 0.2) is 30.3 Å². The van der Waals surface area contributed by atoms with Gasteiger partial charge in [0.2, 0.25) is 0 Å². The Balaban J connectivity index is 2.27. The molecule has 0 atom stereocenters. The number of carboxylic acids is 1. The molecule has 3 N–H and O–H groups in total. The number of ether oxygens (including phenoxy) is 1. The first-order chi connectivity index (χ1) is 9.50. The van der Waals surface area contributed by atoms with Gasteiger partial charge in [-0.3, -0.25) is 9.59 Å². The second-order valence-corrected chi connectivity index (χ2v) is 3.52. The molecule has 0 saturated carbocycles. The van der Waals surface area contributed by atoms with Crippen molar-refractivity contribution in [2.24, 2.45) is 0 Å². The fourth-order valence-electron chi connectivity index (χ4n) is 1.14. The molecule has 1 aromatic carbocycles. The standard InChI is InChI=1S/C12H12N2O6/c15-9(11(17)18)13-6-7-14-10(16)12(19)20-8-4-2-1-3-5-8/h1-5H,6-7H2,(H,13,15)(H,14,16)(H,17,18). The van der Waals surface area contributed by atoms with Gasteiger partial charge in [0.15, 0.2) is 0 Å². The first-order valence-corrected chi connectivity index (χ1v) is 5.57.